The number of hydrogen-bond donors (Lipinski definition) is 1. The first-order valence-electron chi connectivity index (χ1n) is 6.15. The van der Waals surface area contributed by atoms with Crippen molar-refractivity contribution in [2.45, 2.75) is 25.9 Å². The van der Waals surface area contributed by atoms with E-state index in [4.69, 9.17) is 9.47 Å². The lowest BCUT2D eigenvalue weighted by Gasteiger charge is -2.20. The third kappa shape index (κ3) is 4.37. The zero-order valence-corrected chi connectivity index (χ0v) is 11.4. The molecule has 1 rings (SSSR count). The van der Waals surface area contributed by atoms with Crippen molar-refractivity contribution in [1.82, 2.24) is 5.32 Å². The van der Waals surface area contributed by atoms with Crippen LogP contribution in [0.15, 0.2) is 30.3 Å². The summed E-state index contributed by atoms with van der Waals surface area (Å²) in [6.45, 7) is 3.69. The molecule has 0 saturated carbocycles. The zero-order valence-electron chi connectivity index (χ0n) is 11.4. The van der Waals surface area contributed by atoms with Gasteiger partial charge in [-0.25, -0.2) is 4.79 Å². The van der Waals surface area contributed by atoms with Crippen molar-refractivity contribution in [3.05, 3.63) is 35.9 Å². The Labute approximate surface area is 112 Å². The van der Waals surface area contributed by atoms with Gasteiger partial charge in [0.1, 0.15) is 12.1 Å². The highest BCUT2D eigenvalue weighted by atomic mass is 16.5. The normalized spacial score (nSPS) is 13.4. The van der Waals surface area contributed by atoms with Crippen LogP contribution in [0.1, 0.15) is 25.5 Å². The Morgan fingerprint density at radius 2 is 1.84 bits per heavy atom. The van der Waals surface area contributed by atoms with Crippen LogP contribution in [-0.2, 0) is 19.1 Å². The van der Waals surface area contributed by atoms with Crippen LogP contribution in [-0.4, -0.2) is 31.7 Å². The summed E-state index contributed by atoms with van der Waals surface area (Å²) in [5, 5.41) is 2.92. The Hall–Kier alpha value is -1.88. The van der Waals surface area contributed by atoms with Crippen molar-refractivity contribution in [3.63, 3.8) is 0 Å². The SMILES string of the molecule is CCOC(=O)C(C)NC(C(=O)OC)c1ccccc1. The maximum Gasteiger partial charge on any atom is 0.327 e. The van der Waals surface area contributed by atoms with Gasteiger partial charge in [-0.05, 0) is 19.4 Å². The third-order valence-corrected chi connectivity index (χ3v) is 2.63. The molecule has 0 radical (unpaired) electrons. The molecule has 5 heteroatoms. The van der Waals surface area contributed by atoms with Crippen LogP contribution in [0.2, 0.25) is 0 Å². The van der Waals surface area contributed by atoms with Gasteiger partial charge in [0, 0.05) is 0 Å². The molecule has 0 bridgehead atoms. The summed E-state index contributed by atoms with van der Waals surface area (Å²) in [5.41, 5.74) is 0.741. The molecule has 2 unspecified atom stereocenters. The average Bonchev–Trinajstić information content (AvgIpc) is 2.44. The van der Waals surface area contributed by atoms with E-state index in [9.17, 15) is 9.59 Å². The van der Waals surface area contributed by atoms with Gasteiger partial charge in [0.05, 0.1) is 13.7 Å². The van der Waals surface area contributed by atoms with Crippen molar-refractivity contribution in [1.29, 1.82) is 0 Å². The maximum atomic E-state index is 11.8. The molecule has 0 aromatic heterocycles. The number of carbonyl (C=O) groups is 2. The Morgan fingerprint density at radius 1 is 1.21 bits per heavy atom. The van der Waals surface area contributed by atoms with Crippen molar-refractivity contribution in [3.8, 4) is 0 Å². The molecular formula is C14H19NO4. The first kappa shape index (κ1) is 15.2. The molecule has 0 amide bonds. The van der Waals surface area contributed by atoms with Gasteiger partial charge in [-0.1, -0.05) is 30.3 Å². The van der Waals surface area contributed by atoms with E-state index in [2.05, 4.69) is 5.32 Å². The topological polar surface area (TPSA) is 64.6 Å². The van der Waals surface area contributed by atoms with Crippen LogP contribution in [0.3, 0.4) is 0 Å². The minimum atomic E-state index is -0.689. The number of hydrogen-bond acceptors (Lipinski definition) is 5. The Balaban J connectivity index is 2.82. The summed E-state index contributed by atoms with van der Waals surface area (Å²) in [5.74, 6) is -0.838. The quantitative estimate of drug-likeness (QED) is 0.788. The summed E-state index contributed by atoms with van der Waals surface area (Å²) in [6.07, 6.45) is 0. The molecule has 5 nitrogen and oxygen atoms in total. The second kappa shape index (κ2) is 7.53. The number of methoxy groups -OCH3 is 1. The fourth-order valence-electron chi connectivity index (χ4n) is 1.65. The molecule has 1 aromatic carbocycles. The van der Waals surface area contributed by atoms with Crippen LogP contribution >= 0.6 is 0 Å². The number of rotatable bonds is 6. The predicted octanol–water partition coefficient (Wildman–Crippen LogP) is 1.44. The monoisotopic (exact) mass is 265 g/mol. The molecule has 104 valence electrons. The molecule has 19 heavy (non-hydrogen) atoms. The van der Waals surface area contributed by atoms with Gasteiger partial charge in [-0.3, -0.25) is 10.1 Å². The van der Waals surface area contributed by atoms with Gasteiger partial charge >= 0.3 is 11.9 Å². The van der Waals surface area contributed by atoms with Gasteiger partial charge in [-0.2, -0.15) is 0 Å². The number of ether oxygens (including phenoxy) is 2. The molecule has 0 aliphatic rings. The smallest absolute Gasteiger partial charge is 0.327 e. The second-order valence-electron chi connectivity index (χ2n) is 4.01. The molecule has 0 aliphatic carbocycles. The van der Waals surface area contributed by atoms with Gasteiger partial charge in [0.25, 0.3) is 0 Å². The van der Waals surface area contributed by atoms with Crippen molar-refractivity contribution in [2.75, 3.05) is 13.7 Å². The van der Waals surface area contributed by atoms with Crippen molar-refractivity contribution >= 4 is 11.9 Å². The highest BCUT2D eigenvalue weighted by Gasteiger charge is 2.26. The lowest BCUT2D eigenvalue weighted by atomic mass is 10.1. The standard InChI is InChI=1S/C14H19NO4/c1-4-19-13(16)10(2)15-12(14(17)18-3)11-8-6-5-7-9-11/h5-10,12,15H,4H2,1-3H3. The largest absolute Gasteiger partial charge is 0.468 e. The highest BCUT2D eigenvalue weighted by Crippen LogP contribution is 2.15. The van der Waals surface area contributed by atoms with Gasteiger partial charge in [-0.15, -0.1) is 0 Å². The molecule has 0 heterocycles. The fourth-order valence-corrected chi connectivity index (χ4v) is 1.65. The van der Waals surface area contributed by atoms with Crippen LogP contribution in [0.5, 0.6) is 0 Å². The first-order valence-corrected chi connectivity index (χ1v) is 6.15. The summed E-state index contributed by atoms with van der Waals surface area (Å²) in [4.78, 5) is 23.4. The van der Waals surface area contributed by atoms with E-state index >= 15 is 0 Å². The molecule has 0 saturated heterocycles. The number of carbonyl (C=O) groups excluding carboxylic acids is 2. The molecule has 1 aromatic rings. The minimum absolute atomic E-state index is 0.305. The second-order valence-corrected chi connectivity index (χ2v) is 4.01. The van der Waals surface area contributed by atoms with E-state index in [0.29, 0.717) is 6.61 Å². The minimum Gasteiger partial charge on any atom is -0.468 e. The van der Waals surface area contributed by atoms with E-state index in [-0.39, 0.29) is 0 Å². The fraction of sp³-hybridized carbons (Fsp3) is 0.429. The molecular weight excluding hydrogens is 246 g/mol. The van der Waals surface area contributed by atoms with Crippen LogP contribution in [0, 0.1) is 0 Å². The summed E-state index contributed by atoms with van der Waals surface area (Å²) >= 11 is 0. The summed E-state index contributed by atoms with van der Waals surface area (Å²) in [7, 11) is 1.31. The Bertz CT molecular complexity index is 419. The van der Waals surface area contributed by atoms with Gasteiger partial charge in [0.2, 0.25) is 0 Å². The van der Waals surface area contributed by atoms with Crippen LogP contribution < -0.4 is 5.32 Å². The first-order chi connectivity index (χ1) is 9.10. The zero-order chi connectivity index (χ0) is 14.3. The number of benzene rings is 1. The molecule has 0 spiro atoms. The number of nitrogens with one attached hydrogen (secondary N) is 1. The Morgan fingerprint density at radius 3 is 2.37 bits per heavy atom. The van der Waals surface area contributed by atoms with Crippen LogP contribution in [0.4, 0.5) is 0 Å². The Kier molecular flexibility index (Phi) is 6.02. The summed E-state index contributed by atoms with van der Waals surface area (Å²) in [6, 6.07) is 7.81. The average molecular weight is 265 g/mol. The van der Waals surface area contributed by atoms with Gasteiger partial charge in [0.15, 0.2) is 0 Å². The van der Waals surface area contributed by atoms with E-state index in [1.165, 1.54) is 7.11 Å². The van der Waals surface area contributed by atoms with E-state index in [1.807, 2.05) is 18.2 Å². The van der Waals surface area contributed by atoms with E-state index in [0.717, 1.165) is 5.56 Å². The number of esters is 2. The molecule has 0 aliphatic heterocycles. The summed E-state index contributed by atoms with van der Waals surface area (Å²) < 4.78 is 9.65. The molecule has 1 N–H and O–H groups in total. The maximum absolute atomic E-state index is 11.8. The lowest BCUT2D eigenvalue weighted by molar-refractivity contribution is -0.147. The lowest BCUT2D eigenvalue weighted by Crippen LogP contribution is -2.41. The third-order valence-electron chi connectivity index (χ3n) is 2.63. The molecule has 2 atom stereocenters. The van der Waals surface area contributed by atoms with Crippen molar-refractivity contribution < 1.29 is 19.1 Å². The predicted molar refractivity (Wildman–Crippen MR) is 70.4 cm³/mol. The van der Waals surface area contributed by atoms with Gasteiger partial charge < -0.3 is 9.47 Å². The molecule has 0 fully saturated rings. The van der Waals surface area contributed by atoms with Crippen molar-refractivity contribution in [2.24, 2.45) is 0 Å². The van der Waals surface area contributed by atoms with E-state index in [1.54, 1.807) is 26.0 Å². The van der Waals surface area contributed by atoms with Crippen LogP contribution in [0.25, 0.3) is 0 Å². The van der Waals surface area contributed by atoms with E-state index < -0.39 is 24.0 Å². The highest BCUT2D eigenvalue weighted by molar-refractivity contribution is 5.80.